The molecular weight excluding hydrogens is 495 g/mol. The Hall–Kier alpha value is -2.55. The second-order valence-corrected chi connectivity index (χ2v) is 8.34. The van der Waals surface area contributed by atoms with Gasteiger partial charge in [0.2, 0.25) is 0 Å². The summed E-state index contributed by atoms with van der Waals surface area (Å²) in [6.07, 6.45) is 0. The molecule has 10 heteroatoms. The Morgan fingerprint density at radius 1 is 1.00 bits per heavy atom. The molecule has 0 bridgehead atoms. The minimum absolute atomic E-state index is 0.133. The molecule has 0 N–H and O–H groups in total. The smallest absolute Gasteiger partial charge is 0.332 e. The Kier molecular flexibility index (Phi) is 5.48. The average molecular weight is 510 g/mol. The fourth-order valence-corrected chi connectivity index (χ4v) is 3.88. The first-order valence-electron chi connectivity index (χ1n) is 8.80. The average Bonchev–Trinajstić information content (AvgIpc) is 3.07. The van der Waals surface area contributed by atoms with Crippen LogP contribution in [0.25, 0.3) is 11.2 Å². The maximum atomic E-state index is 13.0. The first kappa shape index (κ1) is 20.7. The zero-order chi connectivity index (χ0) is 21.6. The monoisotopic (exact) mass is 508 g/mol. The number of hydrogen-bond donors (Lipinski definition) is 0. The molecule has 4 aromatic rings. The second-order valence-electron chi connectivity index (χ2n) is 6.61. The molecule has 154 valence electrons. The second kappa shape index (κ2) is 7.94. The van der Waals surface area contributed by atoms with Crippen molar-refractivity contribution in [3.8, 4) is 11.8 Å². The van der Waals surface area contributed by atoms with Crippen LogP contribution in [0.1, 0.15) is 5.56 Å². The lowest BCUT2D eigenvalue weighted by atomic mass is 10.2. The Morgan fingerprint density at radius 3 is 2.27 bits per heavy atom. The predicted octanol–water partition coefficient (Wildman–Crippen LogP) is 4.34. The lowest BCUT2D eigenvalue weighted by Crippen LogP contribution is -2.37. The maximum absolute atomic E-state index is 13.0. The van der Waals surface area contributed by atoms with Crippen molar-refractivity contribution in [1.29, 1.82) is 0 Å². The fourth-order valence-electron chi connectivity index (χ4n) is 3.10. The Bertz CT molecular complexity index is 1370. The standard InChI is InChI=1S/C20H15BrCl2N4O3/c1-25-17-16(18(28)26(2)20(25)29)27(10-13-14(22)4-3-5-15(13)23)19(24-17)30-12-8-6-11(21)7-9-12/h3-9H,10H2,1-2H3. The molecule has 0 unspecified atom stereocenters. The van der Waals surface area contributed by atoms with Gasteiger partial charge in [0.15, 0.2) is 11.2 Å². The van der Waals surface area contributed by atoms with Gasteiger partial charge in [-0.2, -0.15) is 4.98 Å². The van der Waals surface area contributed by atoms with E-state index in [0.717, 1.165) is 9.04 Å². The number of halogens is 3. The number of rotatable bonds is 4. The summed E-state index contributed by atoms with van der Waals surface area (Å²) in [4.78, 5) is 29.8. The highest BCUT2D eigenvalue weighted by molar-refractivity contribution is 9.10. The largest absolute Gasteiger partial charge is 0.425 e. The van der Waals surface area contributed by atoms with Gasteiger partial charge in [0.25, 0.3) is 5.56 Å². The molecule has 0 aliphatic rings. The van der Waals surface area contributed by atoms with Crippen LogP contribution in [0, 0.1) is 0 Å². The first-order valence-corrected chi connectivity index (χ1v) is 10.4. The van der Waals surface area contributed by atoms with Crippen molar-refractivity contribution < 1.29 is 4.74 Å². The van der Waals surface area contributed by atoms with Gasteiger partial charge in [-0.05, 0) is 36.4 Å². The predicted molar refractivity (Wildman–Crippen MR) is 120 cm³/mol. The third-order valence-electron chi connectivity index (χ3n) is 4.71. The molecule has 0 saturated heterocycles. The van der Waals surface area contributed by atoms with E-state index >= 15 is 0 Å². The molecule has 2 aromatic carbocycles. The fraction of sp³-hybridized carbons (Fsp3) is 0.150. The molecule has 7 nitrogen and oxygen atoms in total. The summed E-state index contributed by atoms with van der Waals surface area (Å²) in [5, 5.41) is 0.890. The number of aryl methyl sites for hydroxylation is 1. The van der Waals surface area contributed by atoms with E-state index in [-0.39, 0.29) is 23.7 Å². The zero-order valence-electron chi connectivity index (χ0n) is 15.9. The van der Waals surface area contributed by atoms with Gasteiger partial charge >= 0.3 is 11.7 Å². The number of fused-ring (bicyclic) bond motifs is 1. The molecule has 0 atom stereocenters. The summed E-state index contributed by atoms with van der Waals surface area (Å²) in [7, 11) is 2.96. The molecular formula is C20H15BrCl2N4O3. The van der Waals surface area contributed by atoms with Gasteiger partial charge in [-0.3, -0.25) is 18.5 Å². The molecule has 0 saturated carbocycles. The van der Waals surface area contributed by atoms with E-state index in [1.165, 1.54) is 11.6 Å². The van der Waals surface area contributed by atoms with Gasteiger partial charge in [0, 0.05) is 34.2 Å². The number of benzene rings is 2. The van der Waals surface area contributed by atoms with E-state index in [1.807, 2.05) is 12.1 Å². The van der Waals surface area contributed by atoms with E-state index in [1.54, 1.807) is 41.9 Å². The SMILES string of the molecule is Cn1c(=O)c2c(nc(Oc3ccc(Br)cc3)n2Cc2c(Cl)cccc2Cl)n(C)c1=O. The van der Waals surface area contributed by atoms with Gasteiger partial charge in [0.05, 0.1) is 6.54 Å². The topological polar surface area (TPSA) is 71.1 Å². The molecule has 0 aliphatic carbocycles. The van der Waals surface area contributed by atoms with Crippen molar-refractivity contribution >= 4 is 50.3 Å². The van der Waals surface area contributed by atoms with Crippen LogP contribution in [0.2, 0.25) is 10.0 Å². The van der Waals surface area contributed by atoms with Gasteiger partial charge in [-0.25, -0.2) is 4.79 Å². The van der Waals surface area contributed by atoms with E-state index in [9.17, 15) is 9.59 Å². The summed E-state index contributed by atoms with van der Waals surface area (Å²) in [6, 6.07) is 12.5. The molecule has 2 heterocycles. The number of imidazole rings is 1. The molecule has 0 amide bonds. The summed E-state index contributed by atoms with van der Waals surface area (Å²) in [6.45, 7) is 0.133. The number of nitrogens with zero attached hydrogens (tertiary/aromatic N) is 4. The van der Waals surface area contributed by atoms with Crippen LogP contribution in [-0.2, 0) is 20.6 Å². The van der Waals surface area contributed by atoms with Crippen molar-refractivity contribution in [2.45, 2.75) is 6.54 Å². The van der Waals surface area contributed by atoms with Crippen molar-refractivity contribution in [1.82, 2.24) is 18.7 Å². The van der Waals surface area contributed by atoms with E-state index in [4.69, 9.17) is 27.9 Å². The molecule has 30 heavy (non-hydrogen) atoms. The summed E-state index contributed by atoms with van der Waals surface area (Å²) < 4.78 is 10.8. The lowest BCUT2D eigenvalue weighted by Gasteiger charge is -2.12. The minimum Gasteiger partial charge on any atom is -0.425 e. The molecule has 0 aliphatic heterocycles. The summed E-state index contributed by atoms with van der Waals surface area (Å²) in [5.41, 5.74) is 0.0512. The van der Waals surface area contributed by atoms with Crippen molar-refractivity contribution in [3.05, 3.63) is 83.4 Å². The molecule has 0 radical (unpaired) electrons. The third-order valence-corrected chi connectivity index (χ3v) is 5.95. The molecule has 0 fully saturated rings. The summed E-state index contributed by atoms with van der Waals surface area (Å²) in [5.74, 6) is 0.516. The van der Waals surface area contributed by atoms with Crippen molar-refractivity contribution in [3.63, 3.8) is 0 Å². The Labute approximate surface area is 189 Å². The van der Waals surface area contributed by atoms with Crippen LogP contribution in [0.4, 0.5) is 0 Å². The first-order chi connectivity index (χ1) is 14.3. The number of ether oxygens (including phenoxy) is 1. The molecule has 0 spiro atoms. The van der Waals surface area contributed by atoms with Crippen LogP contribution in [-0.4, -0.2) is 18.7 Å². The van der Waals surface area contributed by atoms with Gasteiger partial charge in [-0.1, -0.05) is 45.2 Å². The molecule has 4 rings (SSSR count). The quantitative estimate of drug-likeness (QED) is 0.410. The van der Waals surface area contributed by atoms with Gasteiger partial charge in [0.1, 0.15) is 5.75 Å². The third kappa shape index (κ3) is 3.55. The van der Waals surface area contributed by atoms with E-state index in [0.29, 0.717) is 21.4 Å². The van der Waals surface area contributed by atoms with Crippen molar-refractivity contribution in [2.75, 3.05) is 0 Å². The van der Waals surface area contributed by atoms with Crippen LogP contribution in [0.5, 0.6) is 11.8 Å². The highest BCUT2D eigenvalue weighted by Gasteiger charge is 2.22. The lowest BCUT2D eigenvalue weighted by molar-refractivity contribution is 0.421. The van der Waals surface area contributed by atoms with Crippen LogP contribution >= 0.6 is 39.1 Å². The van der Waals surface area contributed by atoms with E-state index in [2.05, 4.69) is 20.9 Å². The van der Waals surface area contributed by atoms with Crippen LogP contribution in [0.3, 0.4) is 0 Å². The van der Waals surface area contributed by atoms with Crippen LogP contribution < -0.4 is 16.0 Å². The maximum Gasteiger partial charge on any atom is 0.332 e. The van der Waals surface area contributed by atoms with Gasteiger partial charge < -0.3 is 4.74 Å². The van der Waals surface area contributed by atoms with Crippen LogP contribution in [0.15, 0.2) is 56.5 Å². The Balaban J connectivity index is 1.98. The zero-order valence-corrected chi connectivity index (χ0v) is 19.0. The molecule has 2 aromatic heterocycles. The van der Waals surface area contributed by atoms with E-state index < -0.39 is 11.2 Å². The number of aromatic nitrogens is 4. The normalized spacial score (nSPS) is 11.2. The Morgan fingerprint density at radius 2 is 1.63 bits per heavy atom. The van der Waals surface area contributed by atoms with Gasteiger partial charge in [-0.15, -0.1) is 0 Å². The highest BCUT2D eigenvalue weighted by atomic mass is 79.9. The number of hydrogen-bond acceptors (Lipinski definition) is 4. The minimum atomic E-state index is -0.491. The summed E-state index contributed by atoms with van der Waals surface area (Å²) >= 11 is 16.1. The van der Waals surface area contributed by atoms with Crippen molar-refractivity contribution in [2.24, 2.45) is 14.1 Å². The highest BCUT2D eigenvalue weighted by Crippen LogP contribution is 2.30.